The van der Waals surface area contributed by atoms with Crippen molar-refractivity contribution in [3.63, 3.8) is 0 Å². The molecule has 0 spiro atoms. The van der Waals surface area contributed by atoms with E-state index in [9.17, 15) is 9.59 Å². The van der Waals surface area contributed by atoms with Gasteiger partial charge in [-0.15, -0.1) is 0 Å². The lowest BCUT2D eigenvalue weighted by Crippen LogP contribution is -2.31. The maximum absolute atomic E-state index is 12.3. The molecule has 1 aromatic rings. The van der Waals surface area contributed by atoms with Crippen LogP contribution in [0.5, 0.6) is 0 Å². The first-order valence-electron chi connectivity index (χ1n) is 7.02. The summed E-state index contributed by atoms with van der Waals surface area (Å²) in [6, 6.07) is 7.45. The van der Waals surface area contributed by atoms with E-state index in [0.29, 0.717) is 30.9 Å². The average molecular weight is 259 g/mol. The number of hydrogen-bond donors (Lipinski definition) is 0. The molecule has 2 rings (SSSR count). The number of nitrogens with zero attached hydrogens (tertiary/aromatic N) is 1. The Balaban J connectivity index is 2.23. The molecule has 0 saturated carbocycles. The van der Waals surface area contributed by atoms with Crippen molar-refractivity contribution in [2.45, 2.75) is 39.5 Å². The molecule has 1 heterocycles. The molecule has 3 nitrogen and oxygen atoms in total. The SMILES string of the molecule is CC(C)CCC(=O)N1CCCC(=O)c2ccccc21. The van der Waals surface area contributed by atoms with E-state index in [-0.39, 0.29) is 11.7 Å². The van der Waals surface area contributed by atoms with E-state index in [2.05, 4.69) is 13.8 Å². The van der Waals surface area contributed by atoms with E-state index in [1.165, 1.54) is 0 Å². The second-order valence-electron chi connectivity index (χ2n) is 5.52. The first-order valence-corrected chi connectivity index (χ1v) is 7.02. The van der Waals surface area contributed by atoms with Gasteiger partial charge >= 0.3 is 0 Å². The van der Waals surface area contributed by atoms with Crippen LogP contribution in [0.1, 0.15) is 49.9 Å². The summed E-state index contributed by atoms with van der Waals surface area (Å²) in [5.41, 5.74) is 1.48. The zero-order chi connectivity index (χ0) is 13.8. The molecule has 1 aliphatic rings. The standard InChI is InChI=1S/C16H21NO2/c1-12(2)9-10-16(19)17-11-5-8-15(18)13-6-3-4-7-14(13)17/h3-4,6-7,12H,5,8-11H2,1-2H3. The number of Topliss-reactive ketones (excluding diaryl/α,β-unsaturated/α-hetero) is 1. The molecule has 102 valence electrons. The summed E-state index contributed by atoms with van der Waals surface area (Å²) in [4.78, 5) is 26.1. The largest absolute Gasteiger partial charge is 0.312 e. The smallest absolute Gasteiger partial charge is 0.227 e. The Morgan fingerprint density at radius 3 is 2.79 bits per heavy atom. The van der Waals surface area contributed by atoms with Gasteiger partial charge in [0.25, 0.3) is 0 Å². The topological polar surface area (TPSA) is 37.4 Å². The molecule has 0 aliphatic carbocycles. The van der Waals surface area contributed by atoms with Crippen LogP contribution >= 0.6 is 0 Å². The van der Waals surface area contributed by atoms with Crippen molar-refractivity contribution in [2.24, 2.45) is 5.92 Å². The minimum atomic E-state index is 0.135. The van der Waals surface area contributed by atoms with Crippen LogP contribution in [0.25, 0.3) is 0 Å². The van der Waals surface area contributed by atoms with Gasteiger partial charge in [0, 0.05) is 24.9 Å². The molecule has 0 saturated heterocycles. The van der Waals surface area contributed by atoms with E-state index in [0.717, 1.165) is 18.5 Å². The van der Waals surface area contributed by atoms with E-state index in [1.54, 1.807) is 4.90 Å². The van der Waals surface area contributed by atoms with E-state index < -0.39 is 0 Å². The summed E-state index contributed by atoms with van der Waals surface area (Å²) >= 11 is 0. The molecule has 1 aromatic carbocycles. The molecule has 3 heteroatoms. The summed E-state index contributed by atoms with van der Waals surface area (Å²) in [7, 11) is 0. The second kappa shape index (κ2) is 6.00. The number of fused-ring (bicyclic) bond motifs is 1. The Kier molecular flexibility index (Phi) is 4.35. The van der Waals surface area contributed by atoms with Crippen molar-refractivity contribution in [1.82, 2.24) is 0 Å². The highest BCUT2D eigenvalue weighted by molar-refractivity contribution is 6.06. The Bertz CT molecular complexity index is 479. The van der Waals surface area contributed by atoms with Gasteiger partial charge in [0.2, 0.25) is 5.91 Å². The highest BCUT2D eigenvalue weighted by Gasteiger charge is 2.24. The fraction of sp³-hybridized carbons (Fsp3) is 0.500. The summed E-state index contributed by atoms with van der Waals surface area (Å²) in [5, 5.41) is 0. The summed E-state index contributed by atoms with van der Waals surface area (Å²) in [6.45, 7) is 4.89. The van der Waals surface area contributed by atoms with Crippen LogP contribution in [-0.2, 0) is 4.79 Å². The summed E-state index contributed by atoms with van der Waals surface area (Å²) in [5.74, 6) is 0.804. The van der Waals surface area contributed by atoms with Gasteiger partial charge in [0.15, 0.2) is 5.78 Å². The first-order chi connectivity index (χ1) is 9.09. The minimum absolute atomic E-state index is 0.135. The van der Waals surface area contributed by atoms with Crippen molar-refractivity contribution >= 4 is 17.4 Å². The molecule has 0 radical (unpaired) electrons. The van der Waals surface area contributed by atoms with Gasteiger partial charge in [-0.2, -0.15) is 0 Å². The Morgan fingerprint density at radius 1 is 1.32 bits per heavy atom. The predicted molar refractivity (Wildman–Crippen MR) is 76.4 cm³/mol. The molecule has 1 amide bonds. The van der Waals surface area contributed by atoms with E-state index >= 15 is 0 Å². The van der Waals surface area contributed by atoms with Gasteiger partial charge in [-0.3, -0.25) is 9.59 Å². The summed E-state index contributed by atoms with van der Waals surface area (Å²) in [6.07, 6.45) is 2.73. The number of carbonyl (C=O) groups is 2. The van der Waals surface area contributed by atoms with Crippen LogP contribution < -0.4 is 4.90 Å². The van der Waals surface area contributed by atoms with Gasteiger partial charge in [0.1, 0.15) is 0 Å². The molecule has 0 N–H and O–H groups in total. The zero-order valence-corrected chi connectivity index (χ0v) is 11.7. The molecule has 0 atom stereocenters. The van der Waals surface area contributed by atoms with Crippen molar-refractivity contribution in [1.29, 1.82) is 0 Å². The van der Waals surface area contributed by atoms with Crippen LogP contribution in [0.15, 0.2) is 24.3 Å². The van der Waals surface area contributed by atoms with Crippen molar-refractivity contribution in [2.75, 3.05) is 11.4 Å². The van der Waals surface area contributed by atoms with Crippen molar-refractivity contribution < 1.29 is 9.59 Å². The third-order valence-corrected chi connectivity index (χ3v) is 3.52. The molecule has 1 aliphatic heterocycles. The third-order valence-electron chi connectivity index (χ3n) is 3.52. The number of ketones is 1. The van der Waals surface area contributed by atoms with E-state index in [1.807, 2.05) is 24.3 Å². The number of amides is 1. The number of anilines is 1. The highest BCUT2D eigenvalue weighted by atomic mass is 16.2. The Labute approximate surface area is 114 Å². The van der Waals surface area contributed by atoms with Gasteiger partial charge in [0.05, 0.1) is 5.69 Å². The minimum Gasteiger partial charge on any atom is -0.312 e. The third kappa shape index (κ3) is 3.22. The normalized spacial score (nSPS) is 15.3. The Morgan fingerprint density at radius 2 is 2.05 bits per heavy atom. The lowest BCUT2D eigenvalue weighted by Gasteiger charge is -2.22. The first kappa shape index (κ1) is 13.8. The predicted octanol–water partition coefficient (Wildman–Crippen LogP) is 3.43. The van der Waals surface area contributed by atoms with E-state index in [4.69, 9.17) is 0 Å². The van der Waals surface area contributed by atoms with Crippen LogP contribution in [0.2, 0.25) is 0 Å². The van der Waals surface area contributed by atoms with Gasteiger partial charge in [-0.05, 0) is 30.9 Å². The molecular formula is C16H21NO2. The van der Waals surface area contributed by atoms with Gasteiger partial charge in [-0.1, -0.05) is 26.0 Å². The fourth-order valence-electron chi connectivity index (χ4n) is 2.40. The monoisotopic (exact) mass is 259 g/mol. The van der Waals surface area contributed by atoms with Crippen molar-refractivity contribution in [3.8, 4) is 0 Å². The summed E-state index contributed by atoms with van der Waals surface area (Å²) < 4.78 is 0. The van der Waals surface area contributed by atoms with Crippen LogP contribution in [0.4, 0.5) is 5.69 Å². The lowest BCUT2D eigenvalue weighted by atomic mass is 10.1. The highest BCUT2D eigenvalue weighted by Crippen LogP contribution is 2.27. The molecule has 0 bridgehead atoms. The average Bonchev–Trinajstić information content (AvgIpc) is 2.56. The van der Waals surface area contributed by atoms with Crippen LogP contribution in [0.3, 0.4) is 0 Å². The quantitative estimate of drug-likeness (QED) is 0.834. The molecule has 0 fully saturated rings. The molecule has 0 unspecified atom stereocenters. The van der Waals surface area contributed by atoms with Gasteiger partial charge < -0.3 is 4.90 Å². The number of para-hydroxylation sites is 1. The van der Waals surface area contributed by atoms with Crippen LogP contribution in [0, 0.1) is 5.92 Å². The molecule has 0 aromatic heterocycles. The molecular weight excluding hydrogens is 238 g/mol. The number of carbonyl (C=O) groups excluding carboxylic acids is 2. The van der Waals surface area contributed by atoms with Crippen LogP contribution in [-0.4, -0.2) is 18.2 Å². The van der Waals surface area contributed by atoms with Gasteiger partial charge in [-0.25, -0.2) is 0 Å². The lowest BCUT2D eigenvalue weighted by molar-refractivity contribution is -0.118. The number of hydrogen-bond acceptors (Lipinski definition) is 2. The Hall–Kier alpha value is -1.64. The maximum atomic E-state index is 12.3. The fourth-order valence-corrected chi connectivity index (χ4v) is 2.40. The maximum Gasteiger partial charge on any atom is 0.227 e. The second-order valence-corrected chi connectivity index (χ2v) is 5.52. The number of rotatable bonds is 3. The zero-order valence-electron chi connectivity index (χ0n) is 11.7. The molecule has 19 heavy (non-hydrogen) atoms. The number of benzene rings is 1. The van der Waals surface area contributed by atoms with Crippen molar-refractivity contribution in [3.05, 3.63) is 29.8 Å².